The quantitative estimate of drug-likeness (QED) is 0.138. The number of aromatic nitrogens is 1. The summed E-state index contributed by atoms with van der Waals surface area (Å²) in [7, 11) is 1.49. The number of hydroxylamine groups is 1. The van der Waals surface area contributed by atoms with E-state index in [1.807, 2.05) is 30.5 Å². The van der Waals surface area contributed by atoms with Crippen molar-refractivity contribution in [2.45, 2.75) is 51.8 Å². The lowest BCUT2D eigenvalue weighted by Crippen LogP contribution is -2.51. The number of carbonyl (C=O) groups is 3. The number of methoxy groups -OCH3 is 1. The third-order valence-electron chi connectivity index (χ3n) is 5.78. The molecule has 3 rings (SSSR count). The zero-order valence-electron chi connectivity index (χ0n) is 23.2. The van der Waals surface area contributed by atoms with E-state index in [-0.39, 0.29) is 6.61 Å². The molecule has 0 radical (unpaired) electrons. The molecule has 1 aromatic heterocycles. The largest absolute Gasteiger partial charge is 0.493 e. The van der Waals surface area contributed by atoms with Gasteiger partial charge in [-0.1, -0.05) is 24.3 Å². The molecule has 3 aromatic rings. The topological polar surface area (TPSA) is 151 Å². The number of amides is 3. The van der Waals surface area contributed by atoms with E-state index in [2.05, 4.69) is 15.6 Å². The van der Waals surface area contributed by atoms with E-state index >= 15 is 0 Å². The molecule has 0 unspecified atom stereocenters. The monoisotopic (exact) mass is 552 g/mol. The van der Waals surface area contributed by atoms with Crippen LogP contribution >= 0.6 is 0 Å². The zero-order chi connectivity index (χ0) is 29.3. The van der Waals surface area contributed by atoms with E-state index in [0.29, 0.717) is 23.5 Å². The average molecular weight is 553 g/mol. The van der Waals surface area contributed by atoms with Crippen LogP contribution in [0.4, 0.5) is 4.79 Å². The molecule has 5 N–H and O–H groups in total. The summed E-state index contributed by atoms with van der Waals surface area (Å²) in [5.41, 5.74) is 3.46. The van der Waals surface area contributed by atoms with E-state index < -0.39 is 35.6 Å². The summed E-state index contributed by atoms with van der Waals surface area (Å²) in [6.07, 6.45) is 4.35. The minimum absolute atomic E-state index is 0.100. The Kier molecular flexibility index (Phi) is 10.2. The first-order valence-corrected chi connectivity index (χ1v) is 12.8. The van der Waals surface area contributed by atoms with Crippen molar-refractivity contribution in [1.29, 1.82) is 0 Å². The maximum atomic E-state index is 13.0. The summed E-state index contributed by atoms with van der Waals surface area (Å²) < 4.78 is 16.8. The highest BCUT2D eigenvalue weighted by atomic mass is 16.6. The summed E-state index contributed by atoms with van der Waals surface area (Å²) in [5.74, 6) is -0.201. The molecular weight excluding hydrogens is 516 g/mol. The molecule has 3 amide bonds. The fraction of sp³-hybridized carbons (Fsp3) is 0.345. The van der Waals surface area contributed by atoms with Crippen LogP contribution in [0.1, 0.15) is 38.8 Å². The lowest BCUT2D eigenvalue weighted by Gasteiger charge is -2.24. The molecule has 0 spiro atoms. The Hall–Kier alpha value is -4.51. The maximum absolute atomic E-state index is 13.0. The van der Waals surface area contributed by atoms with Crippen molar-refractivity contribution in [2.24, 2.45) is 0 Å². The fourth-order valence-corrected chi connectivity index (χ4v) is 3.90. The van der Waals surface area contributed by atoms with Crippen LogP contribution in [-0.4, -0.2) is 59.5 Å². The van der Waals surface area contributed by atoms with Crippen molar-refractivity contribution in [2.75, 3.05) is 13.7 Å². The summed E-state index contributed by atoms with van der Waals surface area (Å²) in [6, 6.07) is 11.6. The number of ether oxygens (including phenoxy) is 3. The third kappa shape index (κ3) is 8.77. The minimum Gasteiger partial charge on any atom is -0.493 e. The van der Waals surface area contributed by atoms with Gasteiger partial charge in [0, 0.05) is 23.2 Å². The van der Waals surface area contributed by atoms with Gasteiger partial charge in [-0.15, -0.1) is 0 Å². The maximum Gasteiger partial charge on any atom is 0.408 e. The number of rotatable bonds is 11. The van der Waals surface area contributed by atoms with Gasteiger partial charge in [0.25, 0.3) is 5.91 Å². The fourth-order valence-electron chi connectivity index (χ4n) is 3.90. The van der Waals surface area contributed by atoms with Crippen LogP contribution in [0, 0.1) is 0 Å². The van der Waals surface area contributed by atoms with Gasteiger partial charge in [0.1, 0.15) is 18.2 Å². The van der Waals surface area contributed by atoms with Crippen LogP contribution in [0.2, 0.25) is 0 Å². The lowest BCUT2D eigenvalue weighted by molar-refractivity contribution is -0.124. The van der Waals surface area contributed by atoms with E-state index in [4.69, 9.17) is 19.4 Å². The number of hydrogen-bond donors (Lipinski definition) is 5. The molecule has 0 bridgehead atoms. The van der Waals surface area contributed by atoms with E-state index in [9.17, 15) is 14.4 Å². The Bertz CT molecular complexity index is 1360. The van der Waals surface area contributed by atoms with Crippen molar-refractivity contribution in [3.63, 3.8) is 0 Å². The molecule has 11 heteroatoms. The van der Waals surface area contributed by atoms with Crippen LogP contribution in [0.5, 0.6) is 11.5 Å². The van der Waals surface area contributed by atoms with Crippen molar-refractivity contribution in [1.82, 2.24) is 21.1 Å². The highest BCUT2D eigenvalue weighted by Crippen LogP contribution is 2.29. The number of para-hydroxylation sites is 1. The van der Waals surface area contributed by atoms with Crippen molar-refractivity contribution < 1.29 is 33.8 Å². The Morgan fingerprint density at radius 3 is 2.52 bits per heavy atom. The van der Waals surface area contributed by atoms with E-state index in [1.165, 1.54) is 24.7 Å². The number of aromatic amines is 1. The Balaban J connectivity index is 1.76. The predicted molar refractivity (Wildman–Crippen MR) is 150 cm³/mol. The molecular formula is C29H36N4O7. The van der Waals surface area contributed by atoms with Crippen molar-refractivity contribution >= 4 is 34.9 Å². The smallest absolute Gasteiger partial charge is 0.408 e. The van der Waals surface area contributed by atoms with Gasteiger partial charge in [-0.05, 0) is 69.5 Å². The van der Waals surface area contributed by atoms with Crippen molar-refractivity contribution in [3.8, 4) is 11.5 Å². The molecule has 40 heavy (non-hydrogen) atoms. The Morgan fingerprint density at radius 2 is 1.82 bits per heavy atom. The van der Waals surface area contributed by atoms with Crippen LogP contribution in [0.3, 0.4) is 0 Å². The molecule has 1 heterocycles. The highest BCUT2D eigenvalue weighted by Gasteiger charge is 2.24. The molecule has 0 aliphatic rings. The highest BCUT2D eigenvalue weighted by molar-refractivity contribution is 5.91. The van der Waals surface area contributed by atoms with Gasteiger partial charge in [-0.2, -0.15) is 0 Å². The first-order valence-electron chi connectivity index (χ1n) is 12.8. The third-order valence-corrected chi connectivity index (χ3v) is 5.78. The number of benzene rings is 2. The number of alkyl carbamates (subject to hydrolysis) is 1. The second kappa shape index (κ2) is 13.5. The second-order valence-corrected chi connectivity index (χ2v) is 10.2. The number of nitrogens with one attached hydrogen (secondary N) is 4. The van der Waals surface area contributed by atoms with Gasteiger partial charge in [0.05, 0.1) is 13.2 Å². The molecule has 0 aliphatic heterocycles. The predicted octanol–water partition coefficient (Wildman–Crippen LogP) is 3.71. The molecule has 2 aromatic carbocycles. The number of hydrogen-bond acceptors (Lipinski definition) is 7. The van der Waals surface area contributed by atoms with Crippen LogP contribution in [0.25, 0.3) is 17.0 Å². The Labute approximate surface area is 232 Å². The van der Waals surface area contributed by atoms with Gasteiger partial charge in [0.15, 0.2) is 11.5 Å². The summed E-state index contributed by atoms with van der Waals surface area (Å²) >= 11 is 0. The van der Waals surface area contributed by atoms with E-state index in [1.54, 1.807) is 45.9 Å². The molecule has 0 aliphatic carbocycles. The first kappa shape index (κ1) is 30.0. The van der Waals surface area contributed by atoms with Crippen LogP contribution in [0.15, 0.2) is 54.7 Å². The standard InChI is InChI=1S/C29H36N4O7/c1-18(31-28(36)40-29(2,3)4)27(35)32-21(15-20-16-30-23-9-7-6-8-22(20)23)17-39-24-12-10-19(14-25(24)38-5)11-13-26(34)33-37/h6-14,16,18,21,30,37H,15,17H2,1-5H3,(H,31,36)(H,32,35)(H,33,34)/b13-11+/t18-,21-/m0/s1. The van der Waals surface area contributed by atoms with Gasteiger partial charge in [0.2, 0.25) is 5.91 Å². The molecule has 0 saturated heterocycles. The zero-order valence-corrected chi connectivity index (χ0v) is 23.2. The average Bonchev–Trinajstić information content (AvgIpc) is 3.31. The molecule has 2 atom stereocenters. The van der Waals surface area contributed by atoms with Gasteiger partial charge < -0.3 is 29.8 Å². The van der Waals surface area contributed by atoms with Crippen LogP contribution in [-0.2, 0) is 20.7 Å². The lowest BCUT2D eigenvalue weighted by atomic mass is 10.0. The van der Waals surface area contributed by atoms with Crippen LogP contribution < -0.4 is 25.6 Å². The summed E-state index contributed by atoms with van der Waals surface area (Å²) in [4.78, 5) is 39.8. The number of carbonyl (C=O) groups excluding carboxylic acids is 3. The summed E-state index contributed by atoms with van der Waals surface area (Å²) in [6.45, 7) is 6.91. The van der Waals surface area contributed by atoms with E-state index in [0.717, 1.165) is 16.5 Å². The van der Waals surface area contributed by atoms with Crippen molar-refractivity contribution in [3.05, 3.63) is 65.9 Å². The number of H-pyrrole nitrogens is 1. The number of fused-ring (bicyclic) bond motifs is 1. The normalized spacial score (nSPS) is 12.9. The molecule has 0 fully saturated rings. The van der Waals surface area contributed by atoms with Gasteiger partial charge in [-0.25, -0.2) is 10.3 Å². The Morgan fingerprint density at radius 1 is 1.07 bits per heavy atom. The SMILES string of the molecule is COc1cc(/C=C/C(=O)NO)ccc1OC[C@H](Cc1c[nH]c2ccccc12)NC(=O)[C@H](C)NC(=O)OC(C)(C)C. The molecule has 0 saturated carbocycles. The first-order chi connectivity index (χ1) is 19.0. The summed E-state index contributed by atoms with van der Waals surface area (Å²) in [5, 5.41) is 15.2. The van der Waals surface area contributed by atoms with Gasteiger partial charge >= 0.3 is 6.09 Å². The molecule has 214 valence electrons. The minimum atomic E-state index is -0.850. The molecule has 11 nitrogen and oxygen atoms in total. The van der Waals surface area contributed by atoms with Gasteiger partial charge in [-0.3, -0.25) is 14.8 Å². The second-order valence-electron chi connectivity index (χ2n) is 10.2.